The summed E-state index contributed by atoms with van der Waals surface area (Å²) in [5.41, 5.74) is -0.343. The molecule has 2 rings (SSSR count). The zero-order valence-electron chi connectivity index (χ0n) is 13.4. The maximum atomic E-state index is 12.1. The van der Waals surface area contributed by atoms with Gasteiger partial charge in [0.15, 0.2) is 6.10 Å². The molecule has 0 saturated heterocycles. The summed E-state index contributed by atoms with van der Waals surface area (Å²) in [6.07, 6.45) is -0.934. The van der Waals surface area contributed by atoms with Crippen LogP contribution in [-0.4, -0.2) is 29.5 Å². The van der Waals surface area contributed by atoms with E-state index < -0.39 is 12.1 Å². The molecule has 2 N–H and O–H groups in total. The molecule has 1 atom stereocenters. The zero-order valence-corrected chi connectivity index (χ0v) is 13.4. The second kappa shape index (κ2) is 7.09. The first-order chi connectivity index (χ1) is 10.9. The number of pyridine rings is 1. The molecule has 1 amide bonds. The Balaban J connectivity index is 2.11. The molecular formula is C17H20N2O4. The third-order valence-corrected chi connectivity index (χ3v) is 3.31. The highest BCUT2D eigenvalue weighted by molar-refractivity contribution is 5.94. The topological polar surface area (TPSA) is 88.3 Å². The quantitative estimate of drug-likeness (QED) is 0.824. The van der Waals surface area contributed by atoms with E-state index in [-0.39, 0.29) is 17.2 Å². The molecule has 0 spiro atoms. The van der Waals surface area contributed by atoms with Crippen molar-refractivity contribution >= 4 is 22.6 Å². The van der Waals surface area contributed by atoms with Crippen molar-refractivity contribution in [3.05, 3.63) is 46.4 Å². The van der Waals surface area contributed by atoms with Crippen molar-refractivity contribution in [3.63, 3.8) is 0 Å². The second-order valence-electron chi connectivity index (χ2n) is 5.79. The Morgan fingerprint density at radius 2 is 1.91 bits per heavy atom. The van der Waals surface area contributed by atoms with Crippen LogP contribution in [0.1, 0.15) is 31.3 Å². The summed E-state index contributed by atoms with van der Waals surface area (Å²) >= 11 is 0. The molecule has 0 radical (unpaired) electrons. The Morgan fingerprint density at radius 1 is 1.22 bits per heavy atom. The molecule has 2 aromatic rings. The van der Waals surface area contributed by atoms with Crippen LogP contribution in [0.3, 0.4) is 0 Å². The van der Waals surface area contributed by atoms with Gasteiger partial charge in [0.2, 0.25) is 0 Å². The summed E-state index contributed by atoms with van der Waals surface area (Å²) in [6, 6.07) is 8.47. The second-order valence-corrected chi connectivity index (χ2v) is 5.79. The van der Waals surface area contributed by atoms with Gasteiger partial charge in [0.1, 0.15) is 5.69 Å². The van der Waals surface area contributed by atoms with Crippen molar-refractivity contribution in [2.75, 3.05) is 6.54 Å². The van der Waals surface area contributed by atoms with E-state index in [4.69, 9.17) is 4.74 Å². The van der Waals surface area contributed by atoms with Crippen LogP contribution < -0.4 is 10.9 Å². The van der Waals surface area contributed by atoms with Crippen LogP contribution in [0.2, 0.25) is 0 Å². The first-order valence-electron chi connectivity index (χ1n) is 7.49. The summed E-state index contributed by atoms with van der Waals surface area (Å²) in [4.78, 5) is 38.4. The largest absolute Gasteiger partial charge is 0.448 e. The maximum absolute atomic E-state index is 12.1. The van der Waals surface area contributed by atoms with Gasteiger partial charge in [-0.1, -0.05) is 32.0 Å². The number of esters is 1. The van der Waals surface area contributed by atoms with Crippen LogP contribution in [0, 0.1) is 5.92 Å². The molecule has 0 bridgehead atoms. The van der Waals surface area contributed by atoms with Crippen molar-refractivity contribution in [1.82, 2.24) is 10.3 Å². The molecule has 0 aliphatic rings. The van der Waals surface area contributed by atoms with Gasteiger partial charge in [0.25, 0.3) is 11.5 Å². The van der Waals surface area contributed by atoms with E-state index in [1.807, 2.05) is 13.8 Å². The molecule has 0 aliphatic heterocycles. The fourth-order valence-electron chi connectivity index (χ4n) is 2.05. The van der Waals surface area contributed by atoms with Gasteiger partial charge < -0.3 is 15.0 Å². The first kappa shape index (κ1) is 16.7. The Labute approximate surface area is 133 Å². The molecule has 1 heterocycles. The van der Waals surface area contributed by atoms with E-state index in [1.54, 1.807) is 24.3 Å². The fraction of sp³-hybridized carbons (Fsp3) is 0.353. The lowest BCUT2D eigenvalue weighted by Crippen LogP contribution is -2.37. The number of carbonyl (C=O) groups is 2. The van der Waals surface area contributed by atoms with E-state index in [1.165, 1.54) is 13.0 Å². The van der Waals surface area contributed by atoms with Crippen molar-refractivity contribution < 1.29 is 14.3 Å². The number of hydrogen-bond donors (Lipinski definition) is 2. The highest BCUT2D eigenvalue weighted by atomic mass is 16.5. The molecule has 0 saturated carbocycles. The minimum atomic E-state index is -0.934. The molecule has 6 nitrogen and oxygen atoms in total. The number of nitrogens with one attached hydrogen (secondary N) is 2. The average Bonchev–Trinajstić information content (AvgIpc) is 2.52. The van der Waals surface area contributed by atoms with Crippen molar-refractivity contribution in [1.29, 1.82) is 0 Å². The normalized spacial score (nSPS) is 12.2. The van der Waals surface area contributed by atoms with E-state index in [0.29, 0.717) is 23.2 Å². The van der Waals surface area contributed by atoms with Gasteiger partial charge in [0, 0.05) is 11.9 Å². The Morgan fingerprint density at radius 3 is 2.61 bits per heavy atom. The summed E-state index contributed by atoms with van der Waals surface area (Å²) in [6.45, 7) is 5.94. The van der Waals surface area contributed by atoms with Crippen molar-refractivity contribution in [3.8, 4) is 0 Å². The third-order valence-electron chi connectivity index (χ3n) is 3.31. The number of hydrogen-bond acceptors (Lipinski definition) is 4. The minimum Gasteiger partial charge on any atom is -0.448 e. The van der Waals surface area contributed by atoms with Crippen molar-refractivity contribution in [2.24, 2.45) is 5.92 Å². The van der Waals surface area contributed by atoms with Crippen LogP contribution >= 0.6 is 0 Å². The Hall–Kier alpha value is -2.63. The van der Waals surface area contributed by atoms with Crippen LogP contribution in [0.5, 0.6) is 0 Å². The van der Waals surface area contributed by atoms with Gasteiger partial charge >= 0.3 is 5.97 Å². The molecule has 0 fully saturated rings. The number of benzene rings is 1. The monoisotopic (exact) mass is 316 g/mol. The molecule has 6 heteroatoms. The van der Waals surface area contributed by atoms with Gasteiger partial charge in [-0.2, -0.15) is 0 Å². The Kier molecular flexibility index (Phi) is 5.16. The molecule has 23 heavy (non-hydrogen) atoms. The number of carbonyl (C=O) groups excluding carboxylic acids is 2. The summed E-state index contributed by atoms with van der Waals surface area (Å²) in [5, 5.41) is 3.82. The van der Waals surface area contributed by atoms with E-state index in [2.05, 4.69) is 10.3 Å². The van der Waals surface area contributed by atoms with E-state index >= 15 is 0 Å². The van der Waals surface area contributed by atoms with Crippen LogP contribution in [0.15, 0.2) is 35.1 Å². The van der Waals surface area contributed by atoms with Crippen molar-refractivity contribution in [2.45, 2.75) is 26.9 Å². The lowest BCUT2D eigenvalue weighted by molar-refractivity contribution is -0.129. The Bertz CT molecular complexity index is 780. The summed E-state index contributed by atoms with van der Waals surface area (Å²) < 4.78 is 5.11. The summed E-state index contributed by atoms with van der Waals surface area (Å²) in [7, 11) is 0. The SMILES string of the molecule is CC(C)CNC(=O)[C@@H](C)OC(=O)c1cc2ccccc2c(=O)[nH]1. The molecule has 1 aromatic heterocycles. The smallest absolute Gasteiger partial charge is 0.355 e. The highest BCUT2D eigenvalue weighted by Crippen LogP contribution is 2.11. The standard InChI is InChI=1S/C17H20N2O4/c1-10(2)9-18-15(20)11(3)23-17(22)14-8-12-6-4-5-7-13(12)16(21)19-14/h4-8,10-11H,9H2,1-3H3,(H,18,20)(H,19,21)/t11-/m1/s1. The number of aromatic nitrogens is 1. The number of amides is 1. The lowest BCUT2D eigenvalue weighted by Gasteiger charge is -2.14. The molecular weight excluding hydrogens is 296 g/mol. The highest BCUT2D eigenvalue weighted by Gasteiger charge is 2.20. The molecule has 1 aromatic carbocycles. The van der Waals surface area contributed by atoms with Gasteiger partial charge in [-0.25, -0.2) is 4.79 Å². The van der Waals surface area contributed by atoms with Crippen LogP contribution in [-0.2, 0) is 9.53 Å². The van der Waals surface area contributed by atoms with E-state index in [0.717, 1.165) is 0 Å². The number of rotatable bonds is 5. The maximum Gasteiger partial charge on any atom is 0.355 e. The predicted octanol–water partition coefficient (Wildman–Crippen LogP) is 1.85. The molecule has 0 unspecified atom stereocenters. The minimum absolute atomic E-state index is 0.0252. The number of H-pyrrole nitrogens is 1. The number of ether oxygens (including phenoxy) is 1. The number of fused-ring (bicyclic) bond motifs is 1. The molecule has 0 aliphatic carbocycles. The lowest BCUT2D eigenvalue weighted by atomic mass is 10.1. The zero-order chi connectivity index (χ0) is 17.0. The van der Waals surface area contributed by atoms with Gasteiger partial charge in [-0.15, -0.1) is 0 Å². The molecule has 122 valence electrons. The van der Waals surface area contributed by atoms with Crippen LogP contribution in [0.25, 0.3) is 10.8 Å². The van der Waals surface area contributed by atoms with Gasteiger partial charge in [-0.3, -0.25) is 9.59 Å². The third kappa shape index (κ3) is 4.18. The first-order valence-corrected chi connectivity index (χ1v) is 7.49. The summed E-state index contributed by atoms with van der Waals surface area (Å²) in [5.74, 6) is -0.797. The van der Waals surface area contributed by atoms with Gasteiger partial charge in [-0.05, 0) is 30.4 Å². The van der Waals surface area contributed by atoms with Gasteiger partial charge in [0.05, 0.1) is 0 Å². The average molecular weight is 316 g/mol. The fourth-order valence-corrected chi connectivity index (χ4v) is 2.05. The van der Waals surface area contributed by atoms with Crippen LogP contribution in [0.4, 0.5) is 0 Å². The van der Waals surface area contributed by atoms with E-state index in [9.17, 15) is 14.4 Å². The predicted molar refractivity (Wildman–Crippen MR) is 87.3 cm³/mol. The number of aromatic amines is 1.